The summed E-state index contributed by atoms with van der Waals surface area (Å²) in [5.41, 5.74) is 0. The van der Waals surface area contributed by atoms with Gasteiger partial charge in [-0.2, -0.15) is 0 Å². The van der Waals surface area contributed by atoms with Crippen molar-refractivity contribution in [1.29, 1.82) is 0 Å². The summed E-state index contributed by atoms with van der Waals surface area (Å²) in [4.78, 5) is 0. The maximum Gasteiger partial charge on any atom is 0.329 e. The first kappa shape index (κ1) is 10.2. The van der Waals surface area contributed by atoms with Gasteiger partial charge in [-0.15, -0.1) is 0 Å². The first-order valence-electron chi connectivity index (χ1n) is 4.92. The summed E-state index contributed by atoms with van der Waals surface area (Å²) in [5, 5.41) is 10.8. The van der Waals surface area contributed by atoms with Gasteiger partial charge >= 0.3 is 9.36 Å². The fourth-order valence-corrected chi connectivity index (χ4v) is 2.25. The average Bonchev–Trinajstić information content (AvgIpc) is 2.05. The first-order chi connectivity index (χ1) is 5.79. The molecule has 1 fully saturated rings. The molecule has 1 aliphatic rings. The van der Waals surface area contributed by atoms with Crippen molar-refractivity contribution in [2.75, 3.05) is 6.61 Å². The van der Waals surface area contributed by atoms with Gasteiger partial charge in [0.15, 0.2) is 0 Å². The predicted octanol–water partition coefficient (Wildman–Crippen LogP) is 0.608. The van der Waals surface area contributed by atoms with E-state index in [-0.39, 0.29) is 0 Å². The van der Waals surface area contributed by atoms with Crippen molar-refractivity contribution in [3.8, 4) is 0 Å². The maximum absolute atomic E-state index is 5.40. The normalized spacial score (nSPS) is 20.2. The molecular weight excluding hydrogens is 168 g/mol. The Morgan fingerprint density at radius 1 is 1.17 bits per heavy atom. The van der Waals surface area contributed by atoms with Crippen molar-refractivity contribution in [2.45, 2.75) is 38.5 Å². The zero-order chi connectivity index (χ0) is 8.81. The van der Waals surface area contributed by atoms with Gasteiger partial charge in [0.1, 0.15) is 0 Å². The van der Waals surface area contributed by atoms with Gasteiger partial charge in [-0.1, -0.05) is 32.1 Å². The topological polar surface area (TPSA) is 61.3 Å². The summed E-state index contributed by atoms with van der Waals surface area (Å²) < 4.78 is 5.24. The third-order valence-electron chi connectivity index (χ3n) is 2.56. The Hall–Kier alpha value is 0.0969. The zero-order valence-corrected chi connectivity index (χ0v) is 8.82. The van der Waals surface area contributed by atoms with Crippen LogP contribution in [0, 0.1) is 5.92 Å². The van der Waals surface area contributed by atoms with Crippen LogP contribution in [0.25, 0.3) is 0 Å². The van der Waals surface area contributed by atoms with Crippen LogP contribution in [0.15, 0.2) is 0 Å². The molecule has 4 N–H and O–H groups in total. The van der Waals surface area contributed by atoms with Crippen LogP contribution in [0.1, 0.15) is 38.5 Å². The van der Waals surface area contributed by atoms with Crippen molar-refractivity contribution in [3.63, 3.8) is 0 Å². The highest BCUT2D eigenvalue weighted by atomic mass is 28.3. The van der Waals surface area contributed by atoms with E-state index >= 15 is 0 Å². The Kier molecular flexibility index (Phi) is 4.83. The minimum Gasteiger partial charge on any atom is -0.394 e. The van der Waals surface area contributed by atoms with Crippen molar-refractivity contribution in [2.24, 2.45) is 16.7 Å². The molecule has 0 heterocycles. The van der Waals surface area contributed by atoms with Gasteiger partial charge < -0.3 is 15.2 Å². The van der Waals surface area contributed by atoms with Crippen LogP contribution >= 0.6 is 0 Å². The molecule has 4 heteroatoms. The number of nitrogens with two attached hydrogens (primary N) is 2. The largest absolute Gasteiger partial charge is 0.394 e. The van der Waals surface area contributed by atoms with E-state index in [1.165, 1.54) is 32.1 Å². The van der Waals surface area contributed by atoms with E-state index in [4.69, 9.17) is 15.2 Å². The molecular formula is C8H20N2OSi. The highest BCUT2D eigenvalue weighted by molar-refractivity contribution is 6.43. The Bertz CT molecular complexity index is 116. The zero-order valence-electron chi connectivity index (χ0n) is 7.67. The lowest BCUT2D eigenvalue weighted by Gasteiger charge is -2.21. The lowest BCUT2D eigenvalue weighted by Crippen LogP contribution is -2.40. The number of hydrogen-bond acceptors (Lipinski definition) is 3. The van der Waals surface area contributed by atoms with Gasteiger partial charge in [0.2, 0.25) is 0 Å². The highest BCUT2D eigenvalue weighted by Gasteiger charge is 2.13. The summed E-state index contributed by atoms with van der Waals surface area (Å²) in [7, 11) is -1.74. The SMILES string of the molecule is N[SiH](N)OCCC1CCCCC1. The van der Waals surface area contributed by atoms with Gasteiger partial charge in [0.05, 0.1) is 0 Å². The molecule has 72 valence electrons. The molecule has 0 saturated heterocycles. The van der Waals surface area contributed by atoms with Crippen LogP contribution in [0.3, 0.4) is 0 Å². The van der Waals surface area contributed by atoms with Crippen LogP contribution in [0.4, 0.5) is 0 Å². The minimum absolute atomic E-state index is 0.786. The maximum atomic E-state index is 5.40. The molecule has 12 heavy (non-hydrogen) atoms. The van der Waals surface area contributed by atoms with Crippen molar-refractivity contribution in [1.82, 2.24) is 0 Å². The molecule has 3 nitrogen and oxygen atoms in total. The molecule has 0 aliphatic heterocycles. The van der Waals surface area contributed by atoms with Gasteiger partial charge in [-0.25, -0.2) is 0 Å². The van der Waals surface area contributed by atoms with E-state index in [0.29, 0.717) is 0 Å². The lowest BCUT2D eigenvalue weighted by atomic mass is 9.87. The van der Waals surface area contributed by atoms with Gasteiger partial charge in [0, 0.05) is 6.61 Å². The average molecular weight is 188 g/mol. The van der Waals surface area contributed by atoms with Crippen molar-refractivity contribution < 1.29 is 4.43 Å². The smallest absolute Gasteiger partial charge is 0.329 e. The monoisotopic (exact) mass is 188 g/mol. The Morgan fingerprint density at radius 3 is 2.42 bits per heavy atom. The molecule has 0 unspecified atom stereocenters. The summed E-state index contributed by atoms with van der Waals surface area (Å²) in [6.07, 6.45) is 8.14. The second-order valence-corrected chi connectivity index (χ2v) is 4.89. The Morgan fingerprint density at radius 2 is 1.83 bits per heavy atom. The van der Waals surface area contributed by atoms with Crippen LogP contribution in [0.5, 0.6) is 0 Å². The minimum atomic E-state index is -1.74. The second-order valence-electron chi connectivity index (χ2n) is 3.63. The molecule has 1 rings (SSSR count). The van der Waals surface area contributed by atoms with Gasteiger partial charge in [0.25, 0.3) is 0 Å². The fraction of sp³-hybridized carbons (Fsp3) is 1.00. The van der Waals surface area contributed by atoms with E-state index in [0.717, 1.165) is 18.9 Å². The quantitative estimate of drug-likeness (QED) is 0.635. The molecule has 0 aromatic rings. The second kappa shape index (κ2) is 5.69. The molecule has 0 bridgehead atoms. The molecule has 1 aliphatic carbocycles. The third-order valence-corrected chi connectivity index (χ3v) is 3.18. The Labute approximate surface area is 76.3 Å². The summed E-state index contributed by atoms with van der Waals surface area (Å²) in [6.45, 7) is 0.786. The van der Waals surface area contributed by atoms with E-state index in [1.54, 1.807) is 0 Å². The molecule has 0 aromatic carbocycles. The number of hydrogen-bond donors (Lipinski definition) is 2. The predicted molar refractivity (Wildman–Crippen MR) is 52.7 cm³/mol. The van der Waals surface area contributed by atoms with Crippen LogP contribution < -0.4 is 10.8 Å². The molecule has 0 radical (unpaired) electrons. The van der Waals surface area contributed by atoms with Crippen molar-refractivity contribution in [3.05, 3.63) is 0 Å². The molecule has 1 saturated carbocycles. The molecule has 0 aromatic heterocycles. The highest BCUT2D eigenvalue weighted by Crippen LogP contribution is 2.25. The first-order valence-corrected chi connectivity index (χ1v) is 6.72. The fourth-order valence-electron chi connectivity index (χ4n) is 1.85. The van der Waals surface area contributed by atoms with Crippen LogP contribution in [0.2, 0.25) is 0 Å². The van der Waals surface area contributed by atoms with Crippen LogP contribution in [-0.4, -0.2) is 16.0 Å². The van der Waals surface area contributed by atoms with Gasteiger partial charge in [-0.05, 0) is 12.3 Å². The summed E-state index contributed by atoms with van der Waals surface area (Å²) in [6, 6.07) is 0. The standard InChI is InChI=1S/C8H20N2OSi/c9-12(10)11-7-6-8-4-2-1-3-5-8/h8,12H,1-7,9-10H2. The van der Waals surface area contributed by atoms with E-state index in [2.05, 4.69) is 0 Å². The van der Waals surface area contributed by atoms with E-state index in [9.17, 15) is 0 Å². The van der Waals surface area contributed by atoms with Gasteiger partial charge in [-0.3, -0.25) is 0 Å². The molecule has 0 atom stereocenters. The summed E-state index contributed by atoms with van der Waals surface area (Å²) in [5.74, 6) is 0.881. The van der Waals surface area contributed by atoms with E-state index < -0.39 is 9.36 Å². The summed E-state index contributed by atoms with van der Waals surface area (Å²) >= 11 is 0. The third kappa shape index (κ3) is 4.20. The number of rotatable bonds is 4. The molecule has 0 amide bonds. The van der Waals surface area contributed by atoms with Crippen LogP contribution in [-0.2, 0) is 4.43 Å². The van der Waals surface area contributed by atoms with Crippen molar-refractivity contribution >= 4 is 9.36 Å². The Balaban J connectivity index is 1.98. The lowest BCUT2D eigenvalue weighted by molar-refractivity contribution is 0.246. The molecule has 0 spiro atoms. The van der Waals surface area contributed by atoms with E-state index in [1.807, 2.05) is 0 Å².